The summed E-state index contributed by atoms with van der Waals surface area (Å²) in [6.45, 7) is 3.95. The smallest absolute Gasteiger partial charge is 0.123 e. The third-order valence-electron chi connectivity index (χ3n) is 5.49. The molecule has 1 N–H and O–H groups in total. The van der Waals surface area contributed by atoms with Gasteiger partial charge in [0, 0.05) is 18.6 Å². The molecule has 4 heteroatoms. The van der Waals surface area contributed by atoms with E-state index in [9.17, 15) is 9.50 Å². The third kappa shape index (κ3) is 3.34. The normalized spacial score (nSPS) is 29.6. The molecule has 3 nitrogen and oxygen atoms in total. The van der Waals surface area contributed by atoms with Crippen LogP contribution in [0.1, 0.15) is 29.5 Å². The summed E-state index contributed by atoms with van der Waals surface area (Å²) in [5.41, 5.74) is 1.82. The van der Waals surface area contributed by atoms with E-state index in [1.807, 2.05) is 19.1 Å². The maximum atomic E-state index is 13.9. The van der Waals surface area contributed by atoms with Gasteiger partial charge < -0.3 is 9.84 Å². The average Bonchev–Trinajstić information content (AvgIpc) is 2.56. The molecule has 2 aliphatic rings. The van der Waals surface area contributed by atoms with Crippen molar-refractivity contribution >= 4 is 0 Å². The molecule has 0 radical (unpaired) electrons. The topological polar surface area (TPSA) is 32.7 Å². The fourth-order valence-corrected chi connectivity index (χ4v) is 4.34. The van der Waals surface area contributed by atoms with E-state index in [0.717, 1.165) is 12.1 Å². The lowest BCUT2D eigenvalue weighted by molar-refractivity contribution is -0.149. The molecule has 132 valence electrons. The number of benzene rings is 2. The van der Waals surface area contributed by atoms with Gasteiger partial charge in [-0.1, -0.05) is 36.4 Å². The quantitative estimate of drug-likeness (QED) is 0.929. The molecule has 0 aromatic heterocycles. The van der Waals surface area contributed by atoms with Crippen molar-refractivity contribution < 1.29 is 14.2 Å². The number of nitrogens with zero attached hydrogens (tertiary/aromatic N) is 1. The summed E-state index contributed by atoms with van der Waals surface area (Å²) in [5, 5.41) is 11.3. The van der Waals surface area contributed by atoms with Crippen LogP contribution in [0.3, 0.4) is 0 Å². The van der Waals surface area contributed by atoms with Crippen LogP contribution in [0.2, 0.25) is 0 Å². The average molecular weight is 341 g/mol. The molecule has 0 aliphatic carbocycles. The zero-order valence-corrected chi connectivity index (χ0v) is 14.5. The number of hydrogen-bond acceptors (Lipinski definition) is 3. The van der Waals surface area contributed by atoms with E-state index in [1.54, 1.807) is 0 Å². The van der Waals surface area contributed by atoms with Crippen LogP contribution in [0.25, 0.3) is 0 Å². The van der Waals surface area contributed by atoms with Crippen LogP contribution in [0.5, 0.6) is 0 Å². The minimum absolute atomic E-state index is 0.140. The second-order valence-electron chi connectivity index (χ2n) is 7.46. The molecule has 0 amide bonds. The molecule has 4 rings (SSSR count). The van der Waals surface area contributed by atoms with Gasteiger partial charge >= 0.3 is 0 Å². The highest BCUT2D eigenvalue weighted by molar-refractivity contribution is 5.30. The van der Waals surface area contributed by atoms with Gasteiger partial charge in [-0.25, -0.2) is 4.39 Å². The lowest BCUT2D eigenvalue weighted by Crippen LogP contribution is -2.60. The minimum atomic E-state index is -0.987. The molecule has 2 heterocycles. The minimum Gasteiger partial charge on any atom is -0.385 e. The van der Waals surface area contributed by atoms with Crippen molar-refractivity contribution in [3.63, 3.8) is 0 Å². The molecule has 2 aliphatic heterocycles. The number of piperidine rings is 1. The van der Waals surface area contributed by atoms with Gasteiger partial charge in [-0.15, -0.1) is 0 Å². The first-order valence-electron chi connectivity index (χ1n) is 8.91. The van der Waals surface area contributed by atoms with Crippen LogP contribution in [-0.4, -0.2) is 35.3 Å². The Balaban J connectivity index is 1.60. The largest absolute Gasteiger partial charge is 0.385 e. The van der Waals surface area contributed by atoms with Gasteiger partial charge in [0.25, 0.3) is 0 Å². The van der Waals surface area contributed by atoms with Gasteiger partial charge in [-0.05, 0) is 48.6 Å². The molecule has 2 saturated heterocycles. The SMILES string of the molecule is Cc1cc(F)cc(C2(O)CC3COCC(C2)N3Cc2ccccc2)c1. The van der Waals surface area contributed by atoms with Gasteiger partial charge in [-0.2, -0.15) is 0 Å². The summed E-state index contributed by atoms with van der Waals surface area (Å²) in [6, 6.07) is 15.6. The number of hydrogen-bond donors (Lipinski definition) is 1. The first-order valence-corrected chi connectivity index (χ1v) is 8.91. The lowest BCUT2D eigenvalue weighted by atomic mass is 9.76. The van der Waals surface area contributed by atoms with E-state index in [2.05, 4.69) is 29.2 Å². The van der Waals surface area contributed by atoms with E-state index >= 15 is 0 Å². The molecule has 0 saturated carbocycles. The molecular weight excluding hydrogens is 317 g/mol. The van der Waals surface area contributed by atoms with Crippen LogP contribution in [0.15, 0.2) is 48.5 Å². The van der Waals surface area contributed by atoms with E-state index in [0.29, 0.717) is 31.6 Å². The predicted octanol–water partition coefficient (Wildman–Crippen LogP) is 3.39. The molecular formula is C21H24FNO2. The fourth-order valence-electron chi connectivity index (χ4n) is 4.34. The Morgan fingerprint density at radius 2 is 1.80 bits per heavy atom. The standard InChI is InChI=1S/C21H24FNO2/c1-15-7-17(9-18(22)8-15)21(24)10-19-13-25-14-20(11-21)23(19)12-16-5-3-2-4-6-16/h2-9,19-20,24H,10-14H2,1H3. The molecule has 2 bridgehead atoms. The second-order valence-corrected chi connectivity index (χ2v) is 7.46. The number of halogens is 1. The van der Waals surface area contributed by atoms with Crippen molar-refractivity contribution in [2.24, 2.45) is 0 Å². The summed E-state index contributed by atoms with van der Waals surface area (Å²) in [6.07, 6.45) is 1.14. The van der Waals surface area contributed by atoms with Crippen molar-refractivity contribution in [3.05, 3.63) is 71.0 Å². The first kappa shape index (κ1) is 16.7. The van der Waals surface area contributed by atoms with Crippen molar-refractivity contribution in [3.8, 4) is 0 Å². The van der Waals surface area contributed by atoms with Crippen LogP contribution in [-0.2, 0) is 16.9 Å². The molecule has 2 aromatic carbocycles. The maximum absolute atomic E-state index is 13.9. The Morgan fingerprint density at radius 1 is 1.12 bits per heavy atom. The Kier molecular flexibility index (Phi) is 4.36. The summed E-state index contributed by atoms with van der Waals surface area (Å²) >= 11 is 0. The van der Waals surface area contributed by atoms with Crippen molar-refractivity contribution in [1.29, 1.82) is 0 Å². The van der Waals surface area contributed by atoms with E-state index < -0.39 is 5.60 Å². The number of aryl methyl sites for hydroxylation is 1. The third-order valence-corrected chi connectivity index (χ3v) is 5.49. The number of fused-ring (bicyclic) bond motifs is 2. The Hall–Kier alpha value is -1.75. The van der Waals surface area contributed by atoms with Gasteiger partial charge in [-0.3, -0.25) is 4.90 Å². The van der Waals surface area contributed by atoms with Crippen LogP contribution < -0.4 is 0 Å². The van der Waals surface area contributed by atoms with Gasteiger partial charge in [0.05, 0.1) is 18.8 Å². The van der Waals surface area contributed by atoms with Crippen LogP contribution >= 0.6 is 0 Å². The monoisotopic (exact) mass is 341 g/mol. The number of rotatable bonds is 3. The molecule has 2 atom stereocenters. The molecule has 2 fully saturated rings. The Bertz CT molecular complexity index is 715. The lowest BCUT2D eigenvalue weighted by Gasteiger charge is -2.52. The highest BCUT2D eigenvalue weighted by Crippen LogP contribution is 2.42. The Labute approximate surface area is 148 Å². The zero-order valence-electron chi connectivity index (χ0n) is 14.5. The number of ether oxygens (including phenoxy) is 1. The molecule has 0 spiro atoms. The summed E-state index contributed by atoms with van der Waals surface area (Å²) in [4.78, 5) is 2.44. The van der Waals surface area contributed by atoms with Crippen molar-refractivity contribution in [1.82, 2.24) is 4.90 Å². The maximum Gasteiger partial charge on any atom is 0.123 e. The van der Waals surface area contributed by atoms with Crippen LogP contribution in [0.4, 0.5) is 4.39 Å². The van der Waals surface area contributed by atoms with Crippen molar-refractivity contribution in [2.45, 2.75) is 44.0 Å². The van der Waals surface area contributed by atoms with Gasteiger partial charge in [0.15, 0.2) is 0 Å². The molecule has 2 aromatic rings. The number of aliphatic hydroxyl groups is 1. The number of morpholine rings is 1. The molecule has 25 heavy (non-hydrogen) atoms. The summed E-state index contributed by atoms with van der Waals surface area (Å²) in [5.74, 6) is -0.281. The molecule has 2 unspecified atom stereocenters. The summed E-state index contributed by atoms with van der Waals surface area (Å²) < 4.78 is 19.6. The summed E-state index contributed by atoms with van der Waals surface area (Å²) in [7, 11) is 0. The van der Waals surface area contributed by atoms with Crippen LogP contribution in [0, 0.1) is 12.7 Å². The van der Waals surface area contributed by atoms with Gasteiger partial charge in [0.1, 0.15) is 5.82 Å². The van der Waals surface area contributed by atoms with Crippen molar-refractivity contribution in [2.75, 3.05) is 13.2 Å². The zero-order chi connectivity index (χ0) is 17.4. The van der Waals surface area contributed by atoms with E-state index in [1.165, 1.54) is 17.7 Å². The van der Waals surface area contributed by atoms with Gasteiger partial charge in [0.2, 0.25) is 0 Å². The predicted molar refractivity (Wildman–Crippen MR) is 94.6 cm³/mol. The van der Waals surface area contributed by atoms with E-state index in [4.69, 9.17) is 4.74 Å². The second kappa shape index (κ2) is 6.52. The highest BCUT2D eigenvalue weighted by atomic mass is 19.1. The Morgan fingerprint density at radius 3 is 2.44 bits per heavy atom. The highest BCUT2D eigenvalue weighted by Gasteiger charge is 2.47. The first-order chi connectivity index (χ1) is 12.0. The van der Waals surface area contributed by atoms with E-state index in [-0.39, 0.29) is 17.9 Å². The fraction of sp³-hybridized carbons (Fsp3) is 0.429.